The fourth-order valence-corrected chi connectivity index (χ4v) is 4.43. The molecular formula is C25H18ClFN8O. The van der Waals surface area contributed by atoms with E-state index in [4.69, 9.17) is 11.6 Å². The Hall–Kier alpha value is -4.36. The highest BCUT2D eigenvalue weighted by Crippen LogP contribution is 2.40. The van der Waals surface area contributed by atoms with Crippen molar-refractivity contribution in [2.45, 2.75) is 31.8 Å². The number of pyridine rings is 2. The molecule has 0 saturated heterocycles. The van der Waals surface area contributed by atoms with E-state index in [0.717, 1.165) is 10.9 Å². The molecule has 0 bridgehead atoms. The van der Waals surface area contributed by atoms with Gasteiger partial charge in [-0.2, -0.15) is 5.26 Å². The summed E-state index contributed by atoms with van der Waals surface area (Å²) in [7, 11) is 0. The Kier molecular flexibility index (Phi) is 5.34. The number of halogens is 2. The second-order valence-electron chi connectivity index (χ2n) is 8.78. The fraction of sp³-hybridized carbons (Fsp3) is 0.200. The predicted octanol–water partition coefficient (Wildman–Crippen LogP) is 3.99. The van der Waals surface area contributed by atoms with Crippen LogP contribution in [-0.2, 0) is 13.1 Å². The van der Waals surface area contributed by atoms with E-state index in [9.17, 15) is 14.4 Å². The summed E-state index contributed by atoms with van der Waals surface area (Å²) in [4.78, 5) is 21.3. The number of nitrogens with zero attached hydrogens (tertiary/aromatic N) is 7. The molecule has 1 amide bonds. The molecular weight excluding hydrogens is 483 g/mol. The van der Waals surface area contributed by atoms with Gasteiger partial charge in [0.25, 0.3) is 5.91 Å². The van der Waals surface area contributed by atoms with Crippen molar-refractivity contribution < 1.29 is 9.18 Å². The first-order chi connectivity index (χ1) is 17.5. The number of hydrogen-bond donors (Lipinski definition) is 1. The van der Waals surface area contributed by atoms with Crippen molar-refractivity contribution in [3.05, 3.63) is 88.1 Å². The average molecular weight is 501 g/mol. The maximum absolute atomic E-state index is 14.4. The van der Waals surface area contributed by atoms with Crippen LogP contribution in [0.4, 0.5) is 4.39 Å². The van der Waals surface area contributed by atoms with Crippen molar-refractivity contribution in [3.63, 3.8) is 0 Å². The van der Waals surface area contributed by atoms with Crippen LogP contribution in [0.1, 0.15) is 51.6 Å². The molecule has 4 aromatic heterocycles. The summed E-state index contributed by atoms with van der Waals surface area (Å²) < 4.78 is 17.4. The molecule has 0 unspecified atom stereocenters. The van der Waals surface area contributed by atoms with Crippen LogP contribution in [0, 0.1) is 17.1 Å². The number of nitriles is 1. The third kappa shape index (κ3) is 4.03. The van der Waals surface area contributed by atoms with Gasteiger partial charge in [-0.1, -0.05) is 16.8 Å². The molecule has 1 aliphatic rings. The first kappa shape index (κ1) is 22.1. The van der Waals surface area contributed by atoms with E-state index in [1.807, 2.05) is 12.3 Å². The van der Waals surface area contributed by atoms with Crippen LogP contribution in [0.2, 0.25) is 5.02 Å². The molecule has 36 heavy (non-hydrogen) atoms. The topological polar surface area (TPSA) is 114 Å². The Morgan fingerprint density at radius 3 is 2.94 bits per heavy atom. The Labute approximate surface area is 209 Å². The minimum absolute atomic E-state index is 0.00795. The van der Waals surface area contributed by atoms with Crippen LogP contribution in [0.25, 0.3) is 16.4 Å². The normalized spacial score (nSPS) is 13.2. The molecule has 1 fully saturated rings. The Morgan fingerprint density at radius 2 is 2.14 bits per heavy atom. The summed E-state index contributed by atoms with van der Waals surface area (Å²) in [6, 6.07) is 9.51. The smallest absolute Gasteiger partial charge is 0.273 e. The molecule has 6 rings (SSSR count). The molecule has 9 nitrogen and oxygen atoms in total. The minimum atomic E-state index is -0.599. The first-order valence-corrected chi connectivity index (χ1v) is 11.7. The summed E-state index contributed by atoms with van der Waals surface area (Å²) in [5.74, 6) is -0.515. The van der Waals surface area contributed by atoms with Crippen LogP contribution < -0.4 is 5.32 Å². The Morgan fingerprint density at radius 1 is 1.28 bits per heavy atom. The SMILES string of the molecule is N#Cc1cc(Cn2cc(C(=O)NCc3ncn4ccc(Cl)c(F)c34)nn2)cc2cc(C3CC3)cnc12. The second-order valence-corrected chi connectivity index (χ2v) is 9.19. The monoisotopic (exact) mass is 500 g/mol. The van der Waals surface area contributed by atoms with Crippen molar-refractivity contribution >= 4 is 33.9 Å². The van der Waals surface area contributed by atoms with Gasteiger partial charge in [0.05, 0.1) is 47.4 Å². The van der Waals surface area contributed by atoms with Crippen molar-refractivity contribution in [2.75, 3.05) is 0 Å². The summed E-state index contributed by atoms with van der Waals surface area (Å²) in [5, 5.41) is 21.2. The van der Waals surface area contributed by atoms with Crippen LogP contribution in [0.5, 0.6) is 0 Å². The molecule has 0 atom stereocenters. The number of carbonyl (C=O) groups excluding carboxylic acids is 1. The highest BCUT2D eigenvalue weighted by Gasteiger charge is 2.24. The zero-order chi connectivity index (χ0) is 24.8. The van der Waals surface area contributed by atoms with E-state index < -0.39 is 11.7 Å². The summed E-state index contributed by atoms with van der Waals surface area (Å²) >= 11 is 5.87. The quantitative estimate of drug-likeness (QED) is 0.377. The zero-order valence-corrected chi connectivity index (χ0v) is 19.6. The zero-order valence-electron chi connectivity index (χ0n) is 18.8. The van der Waals surface area contributed by atoms with Crippen LogP contribution in [-0.4, -0.2) is 35.3 Å². The molecule has 0 aliphatic heterocycles. The van der Waals surface area contributed by atoms with E-state index in [1.54, 1.807) is 12.3 Å². The number of fused-ring (bicyclic) bond motifs is 2. The van der Waals surface area contributed by atoms with E-state index in [-0.39, 0.29) is 22.8 Å². The van der Waals surface area contributed by atoms with E-state index >= 15 is 0 Å². The van der Waals surface area contributed by atoms with E-state index in [0.29, 0.717) is 29.2 Å². The maximum Gasteiger partial charge on any atom is 0.273 e. The minimum Gasteiger partial charge on any atom is -0.345 e. The predicted molar refractivity (Wildman–Crippen MR) is 129 cm³/mol. The number of carbonyl (C=O) groups is 1. The third-order valence-corrected chi connectivity index (χ3v) is 6.53. The van der Waals surface area contributed by atoms with Gasteiger partial charge in [-0.05, 0) is 54.2 Å². The van der Waals surface area contributed by atoms with Gasteiger partial charge in [0.2, 0.25) is 0 Å². The standard InChI is InChI=1S/C25H18ClFN8O/c26-19-3-4-34-13-31-20(24(34)22(19)27)10-30-25(36)21-12-35(33-32-21)11-14-5-16-7-18(15-1-2-15)9-29-23(16)17(6-14)8-28/h3-7,9,12-13,15H,1-2,10-11H2,(H,30,36). The molecule has 1 aliphatic carbocycles. The van der Waals surface area contributed by atoms with Crippen molar-refractivity contribution in [3.8, 4) is 6.07 Å². The highest BCUT2D eigenvalue weighted by atomic mass is 35.5. The number of aromatic nitrogens is 6. The molecule has 1 saturated carbocycles. The number of imidazole rings is 1. The lowest BCUT2D eigenvalue weighted by atomic mass is 10.0. The van der Waals surface area contributed by atoms with Gasteiger partial charge in [-0.25, -0.2) is 14.1 Å². The van der Waals surface area contributed by atoms with Gasteiger partial charge in [0.1, 0.15) is 11.6 Å². The van der Waals surface area contributed by atoms with E-state index in [2.05, 4.69) is 37.7 Å². The maximum atomic E-state index is 14.4. The molecule has 1 aromatic carbocycles. The largest absolute Gasteiger partial charge is 0.345 e. The highest BCUT2D eigenvalue weighted by molar-refractivity contribution is 6.31. The molecule has 178 valence electrons. The van der Waals surface area contributed by atoms with Crippen molar-refractivity contribution in [1.29, 1.82) is 5.26 Å². The average Bonchev–Trinajstić information content (AvgIpc) is 3.49. The van der Waals surface area contributed by atoms with Gasteiger partial charge in [0.15, 0.2) is 11.5 Å². The Balaban J connectivity index is 1.19. The van der Waals surface area contributed by atoms with Crippen molar-refractivity contribution in [2.24, 2.45) is 0 Å². The van der Waals surface area contributed by atoms with Crippen LogP contribution in [0.15, 0.2) is 49.2 Å². The van der Waals surface area contributed by atoms with Gasteiger partial charge in [-0.15, -0.1) is 5.10 Å². The molecule has 5 aromatic rings. The number of rotatable bonds is 6. The van der Waals surface area contributed by atoms with Gasteiger partial charge >= 0.3 is 0 Å². The number of hydrogen-bond acceptors (Lipinski definition) is 6. The molecule has 0 radical (unpaired) electrons. The first-order valence-electron chi connectivity index (χ1n) is 11.3. The fourth-order valence-electron chi connectivity index (χ4n) is 4.28. The molecule has 1 N–H and O–H groups in total. The number of amides is 1. The molecule has 4 heterocycles. The van der Waals surface area contributed by atoms with Gasteiger partial charge in [-0.3, -0.25) is 9.78 Å². The Bertz CT molecular complexity index is 1700. The number of nitrogens with one attached hydrogen (secondary N) is 1. The summed E-state index contributed by atoms with van der Waals surface area (Å²) in [6.45, 7) is 0.319. The van der Waals surface area contributed by atoms with Crippen molar-refractivity contribution in [1.82, 2.24) is 34.7 Å². The summed E-state index contributed by atoms with van der Waals surface area (Å²) in [5.41, 5.74) is 3.86. The van der Waals surface area contributed by atoms with Gasteiger partial charge in [0, 0.05) is 17.8 Å². The summed E-state index contributed by atoms with van der Waals surface area (Å²) in [6.07, 6.45) is 8.76. The number of benzene rings is 1. The molecule has 0 spiro atoms. The molecule has 11 heteroatoms. The van der Waals surface area contributed by atoms with Crippen LogP contribution >= 0.6 is 11.6 Å². The lowest BCUT2D eigenvalue weighted by Gasteiger charge is -2.07. The lowest BCUT2D eigenvalue weighted by molar-refractivity contribution is 0.0945. The van der Waals surface area contributed by atoms with E-state index in [1.165, 1.54) is 46.1 Å². The third-order valence-electron chi connectivity index (χ3n) is 6.23. The second kappa shape index (κ2) is 8.70. The van der Waals surface area contributed by atoms with Gasteiger partial charge < -0.3 is 9.72 Å². The van der Waals surface area contributed by atoms with Crippen LogP contribution in [0.3, 0.4) is 0 Å². The lowest BCUT2D eigenvalue weighted by Crippen LogP contribution is -2.23.